The Labute approximate surface area is 120 Å². The van der Waals surface area contributed by atoms with Gasteiger partial charge in [-0.2, -0.15) is 0 Å². The van der Waals surface area contributed by atoms with Gasteiger partial charge in [-0.05, 0) is 26.2 Å². The second-order valence-electron chi connectivity index (χ2n) is 5.90. The molecule has 1 aliphatic rings. The van der Waals surface area contributed by atoms with Gasteiger partial charge >= 0.3 is 5.97 Å². The quantitative estimate of drug-likeness (QED) is 0.787. The highest BCUT2D eigenvalue weighted by molar-refractivity contribution is 7.82. The van der Waals surface area contributed by atoms with Crippen molar-refractivity contribution in [1.82, 2.24) is 4.90 Å². The van der Waals surface area contributed by atoms with E-state index in [9.17, 15) is 9.59 Å². The van der Waals surface area contributed by atoms with E-state index in [0.717, 1.165) is 19.3 Å². The standard InChI is InChI=1S/C14H23NO3S/c1-5-14(3,4)11(16)12(19)15-8-6-7-10(15)9(2)13(17)18/h9-10H,5-8H2,1-4H3,(H,17,18). The fraction of sp³-hybridized carbons (Fsp3) is 0.786. The molecule has 1 heterocycles. The van der Waals surface area contributed by atoms with Crippen LogP contribution >= 0.6 is 12.2 Å². The molecule has 1 aliphatic heterocycles. The number of likely N-dealkylation sites (tertiary alicyclic amines) is 1. The smallest absolute Gasteiger partial charge is 0.308 e. The molecule has 0 bridgehead atoms. The lowest BCUT2D eigenvalue weighted by molar-refractivity contribution is -0.142. The number of nitrogens with zero attached hydrogens (tertiary/aromatic N) is 1. The van der Waals surface area contributed by atoms with Crippen LogP contribution in [-0.2, 0) is 9.59 Å². The molecule has 0 saturated carbocycles. The molecule has 2 unspecified atom stereocenters. The molecule has 1 N–H and O–H groups in total. The maximum Gasteiger partial charge on any atom is 0.308 e. The van der Waals surface area contributed by atoms with Gasteiger partial charge in [0.25, 0.3) is 0 Å². The third-order valence-electron chi connectivity index (χ3n) is 4.22. The zero-order valence-corrected chi connectivity index (χ0v) is 12.9. The van der Waals surface area contributed by atoms with E-state index in [1.807, 2.05) is 25.7 Å². The highest BCUT2D eigenvalue weighted by atomic mass is 32.1. The maximum absolute atomic E-state index is 12.4. The van der Waals surface area contributed by atoms with Gasteiger partial charge < -0.3 is 10.0 Å². The summed E-state index contributed by atoms with van der Waals surface area (Å²) in [6.45, 7) is 8.10. The Morgan fingerprint density at radius 1 is 1.47 bits per heavy atom. The van der Waals surface area contributed by atoms with Crippen LogP contribution in [0.4, 0.5) is 0 Å². The Kier molecular flexibility index (Phi) is 5.07. The predicted octanol–water partition coefficient (Wildman–Crippen LogP) is 2.50. The minimum absolute atomic E-state index is 0.0468. The van der Waals surface area contributed by atoms with Crippen molar-refractivity contribution in [2.75, 3.05) is 6.54 Å². The molecule has 4 nitrogen and oxygen atoms in total. The molecular formula is C14H23NO3S. The molecule has 1 rings (SSSR count). The van der Waals surface area contributed by atoms with Crippen LogP contribution in [0.15, 0.2) is 0 Å². The van der Waals surface area contributed by atoms with Gasteiger partial charge in [-0.1, -0.05) is 33.0 Å². The molecule has 0 aromatic carbocycles. The summed E-state index contributed by atoms with van der Waals surface area (Å²) in [6.07, 6.45) is 2.40. The number of aliphatic carboxylic acids is 1. The summed E-state index contributed by atoms with van der Waals surface area (Å²) >= 11 is 5.32. The first kappa shape index (κ1) is 16.1. The van der Waals surface area contributed by atoms with E-state index >= 15 is 0 Å². The van der Waals surface area contributed by atoms with Gasteiger partial charge in [0.15, 0.2) is 5.78 Å². The number of carboxylic acid groups (broad SMARTS) is 1. The van der Waals surface area contributed by atoms with Crippen molar-refractivity contribution >= 4 is 29.0 Å². The zero-order valence-electron chi connectivity index (χ0n) is 12.1. The normalized spacial score (nSPS) is 21.3. The van der Waals surface area contributed by atoms with E-state index in [2.05, 4.69) is 0 Å². The van der Waals surface area contributed by atoms with Crippen LogP contribution in [0, 0.1) is 11.3 Å². The highest BCUT2D eigenvalue weighted by Gasteiger charge is 2.39. The first-order valence-corrected chi connectivity index (χ1v) is 7.21. The predicted molar refractivity (Wildman–Crippen MR) is 78.2 cm³/mol. The molecule has 5 heteroatoms. The number of Topliss-reactive ketones (excluding diaryl/α,β-unsaturated/α-hetero) is 1. The second-order valence-corrected chi connectivity index (χ2v) is 6.29. The molecule has 2 atom stereocenters. The second kappa shape index (κ2) is 5.99. The summed E-state index contributed by atoms with van der Waals surface area (Å²) in [5.74, 6) is -1.38. The van der Waals surface area contributed by atoms with E-state index in [0.29, 0.717) is 11.5 Å². The summed E-state index contributed by atoms with van der Waals surface area (Å²) in [5.41, 5.74) is -0.476. The highest BCUT2D eigenvalue weighted by Crippen LogP contribution is 2.29. The molecule has 1 fully saturated rings. The van der Waals surface area contributed by atoms with E-state index < -0.39 is 17.3 Å². The minimum atomic E-state index is -0.832. The van der Waals surface area contributed by atoms with E-state index in [4.69, 9.17) is 17.3 Å². The number of carbonyl (C=O) groups is 2. The third kappa shape index (κ3) is 3.32. The number of ketones is 1. The number of hydrogen-bond acceptors (Lipinski definition) is 3. The topological polar surface area (TPSA) is 57.6 Å². The van der Waals surface area contributed by atoms with E-state index in [-0.39, 0.29) is 11.8 Å². The van der Waals surface area contributed by atoms with Gasteiger partial charge in [-0.15, -0.1) is 0 Å². The number of hydrogen-bond donors (Lipinski definition) is 1. The van der Waals surface area contributed by atoms with Crippen molar-refractivity contribution in [2.45, 2.75) is 53.0 Å². The van der Waals surface area contributed by atoms with Crippen molar-refractivity contribution in [3.8, 4) is 0 Å². The lowest BCUT2D eigenvalue weighted by Crippen LogP contribution is -2.47. The van der Waals surface area contributed by atoms with Crippen LogP contribution in [-0.4, -0.2) is 39.3 Å². The van der Waals surface area contributed by atoms with Gasteiger partial charge in [-0.3, -0.25) is 9.59 Å². The Morgan fingerprint density at radius 3 is 2.53 bits per heavy atom. The van der Waals surface area contributed by atoms with Crippen LogP contribution < -0.4 is 0 Å². The lowest BCUT2D eigenvalue weighted by Gasteiger charge is -2.32. The summed E-state index contributed by atoms with van der Waals surface area (Å²) in [7, 11) is 0. The van der Waals surface area contributed by atoms with Crippen molar-refractivity contribution in [3.63, 3.8) is 0 Å². The summed E-state index contributed by atoms with van der Waals surface area (Å²) in [5, 5.41) is 9.13. The summed E-state index contributed by atoms with van der Waals surface area (Å²) in [4.78, 5) is 25.6. The lowest BCUT2D eigenvalue weighted by atomic mass is 9.84. The molecule has 0 aromatic heterocycles. The van der Waals surface area contributed by atoms with Gasteiger partial charge in [-0.25, -0.2) is 0 Å². The summed E-state index contributed by atoms with van der Waals surface area (Å²) in [6, 6.07) is -0.151. The number of thiocarbonyl (C=S) groups is 1. The molecule has 0 aromatic rings. The van der Waals surface area contributed by atoms with Crippen molar-refractivity contribution in [2.24, 2.45) is 11.3 Å². The number of carbonyl (C=O) groups excluding carboxylic acids is 1. The Balaban J connectivity index is 2.87. The first-order chi connectivity index (χ1) is 8.72. The van der Waals surface area contributed by atoms with Gasteiger partial charge in [0.2, 0.25) is 0 Å². The molecule has 0 radical (unpaired) electrons. The molecule has 0 spiro atoms. The van der Waals surface area contributed by atoms with Crippen molar-refractivity contribution < 1.29 is 14.7 Å². The maximum atomic E-state index is 12.4. The van der Waals surface area contributed by atoms with Crippen LogP contribution in [0.5, 0.6) is 0 Å². The average Bonchev–Trinajstić information content (AvgIpc) is 2.84. The number of rotatable bonds is 5. The molecule has 19 heavy (non-hydrogen) atoms. The molecule has 0 amide bonds. The SMILES string of the molecule is CCC(C)(C)C(=O)C(=S)N1CCCC1C(C)C(=O)O. The van der Waals surface area contributed by atoms with Crippen molar-refractivity contribution in [3.05, 3.63) is 0 Å². The first-order valence-electron chi connectivity index (χ1n) is 6.80. The van der Waals surface area contributed by atoms with E-state index in [1.54, 1.807) is 6.92 Å². The fourth-order valence-corrected chi connectivity index (χ4v) is 2.81. The van der Waals surface area contributed by atoms with E-state index in [1.165, 1.54) is 0 Å². The van der Waals surface area contributed by atoms with Crippen LogP contribution in [0.25, 0.3) is 0 Å². The van der Waals surface area contributed by atoms with Crippen molar-refractivity contribution in [1.29, 1.82) is 0 Å². The minimum Gasteiger partial charge on any atom is -0.481 e. The molecule has 108 valence electrons. The summed E-state index contributed by atoms with van der Waals surface area (Å²) < 4.78 is 0. The fourth-order valence-electron chi connectivity index (χ4n) is 2.31. The van der Waals surface area contributed by atoms with Crippen LogP contribution in [0.2, 0.25) is 0 Å². The molecule has 0 aliphatic carbocycles. The zero-order chi connectivity index (χ0) is 14.8. The Bertz CT molecular complexity index is 392. The monoisotopic (exact) mass is 285 g/mol. The van der Waals surface area contributed by atoms with Gasteiger partial charge in [0.1, 0.15) is 4.99 Å². The van der Waals surface area contributed by atoms with Gasteiger partial charge in [0.05, 0.1) is 5.92 Å². The largest absolute Gasteiger partial charge is 0.481 e. The Morgan fingerprint density at radius 2 is 2.05 bits per heavy atom. The Hall–Kier alpha value is -0.970. The molecule has 1 saturated heterocycles. The van der Waals surface area contributed by atoms with Gasteiger partial charge in [0, 0.05) is 18.0 Å². The van der Waals surface area contributed by atoms with Crippen LogP contribution in [0.3, 0.4) is 0 Å². The average molecular weight is 285 g/mol. The van der Waals surface area contributed by atoms with Crippen LogP contribution in [0.1, 0.15) is 47.0 Å². The third-order valence-corrected chi connectivity index (χ3v) is 4.64. The number of carboxylic acids is 1. The molecular weight excluding hydrogens is 262 g/mol.